The molecular weight excluding hydrogens is 267 g/mol. The van der Waals surface area contributed by atoms with Gasteiger partial charge in [0.15, 0.2) is 0 Å². The smallest absolute Gasteiger partial charge is 0.125 e. The topological polar surface area (TPSA) is 52.8 Å². The summed E-state index contributed by atoms with van der Waals surface area (Å²) in [5.41, 5.74) is 3.50. The molecule has 4 nitrogen and oxygen atoms in total. The van der Waals surface area contributed by atoms with E-state index in [0.29, 0.717) is 12.1 Å². The van der Waals surface area contributed by atoms with Crippen LogP contribution >= 0.6 is 0 Å². The van der Waals surface area contributed by atoms with Gasteiger partial charge < -0.3 is 0 Å². The van der Waals surface area contributed by atoms with Crippen LogP contribution in [0.15, 0.2) is 24.4 Å². The zero-order chi connectivity index (χ0) is 14.8. The van der Waals surface area contributed by atoms with Crippen molar-refractivity contribution in [1.29, 1.82) is 5.26 Å². The summed E-state index contributed by atoms with van der Waals surface area (Å²) in [5.74, 6) is 0.401. The van der Waals surface area contributed by atoms with Crippen LogP contribution in [0.1, 0.15) is 28.2 Å². The second-order valence-electron chi connectivity index (χ2n) is 5.26. The number of rotatable bonds is 2. The number of aromatic nitrogens is 2. The summed E-state index contributed by atoms with van der Waals surface area (Å²) >= 11 is 0. The van der Waals surface area contributed by atoms with Crippen LogP contribution in [0.4, 0.5) is 4.39 Å². The highest BCUT2D eigenvalue weighted by atomic mass is 19.1. The van der Waals surface area contributed by atoms with E-state index in [2.05, 4.69) is 20.9 Å². The summed E-state index contributed by atoms with van der Waals surface area (Å²) in [5, 5.41) is 9.11. The van der Waals surface area contributed by atoms with Gasteiger partial charge in [0, 0.05) is 25.8 Å². The number of benzene rings is 1. The van der Waals surface area contributed by atoms with E-state index in [4.69, 9.17) is 5.26 Å². The van der Waals surface area contributed by atoms with E-state index in [9.17, 15) is 4.39 Å². The van der Waals surface area contributed by atoms with Gasteiger partial charge >= 0.3 is 0 Å². The standard InChI is InChI=1S/C16H15FN4/c1-11-19-8-12-4-5-21(10-16(12)20-11)9-13-2-3-15(17)6-14(13)7-18/h2-3,6,8H,4-5,9-10H2,1H3. The Morgan fingerprint density at radius 3 is 3.10 bits per heavy atom. The number of hydrogen-bond donors (Lipinski definition) is 0. The molecule has 0 aliphatic carbocycles. The van der Waals surface area contributed by atoms with Crippen molar-refractivity contribution in [3.63, 3.8) is 0 Å². The van der Waals surface area contributed by atoms with E-state index >= 15 is 0 Å². The normalized spacial score (nSPS) is 14.5. The van der Waals surface area contributed by atoms with Crippen molar-refractivity contribution in [2.24, 2.45) is 0 Å². The molecule has 1 aliphatic heterocycles. The Labute approximate surface area is 122 Å². The molecule has 0 bridgehead atoms. The third-order valence-corrected chi connectivity index (χ3v) is 3.73. The first kappa shape index (κ1) is 13.7. The van der Waals surface area contributed by atoms with Crippen molar-refractivity contribution >= 4 is 0 Å². The molecule has 0 amide bonds. The van der Waals surface area contributed by atoms with Crippen molar-refractivity contribution in [3.05, 3.63) is 58.4 Å². The SMILES string of the molecule is Cc1ncc2c(n1)CN(Cc1ccc(F)cc1C#N)CC2. The minimum Gasteiger partial charge on any atom is -0.293 e. The molecule has 5 heteroatoms. The lowest BCUT2D eigenvalue weighted by molar-refractivity contribution is 0.240. The second kappa shape index (κ2) is 5.58. The van der Waals surface area contributed by atoms with Crippen molar-refractivity contribution in [1.82, 2.24) is 14.9 Å². The predicted octanol–water partition coefficient (Wildman–Crippen LogP) is 2.35. The van der Waals surface area contributed by atoms with Crippen molar-refractivity contribution in [3.8, 4) is 6.07 Å². The van der Waals surface area contributed by atoms with Crippen LogP contribution in [-0.2, 0) is 19.5 Å². The fraction of sp³-hybridized carbons (Fsp3) is 0.312. The van der Waals surface area contributed by atoms with Gasteiger partial charge in [0.25, 0.3) is 0 Å². The monoisotopic (exact) mass is 282 g/mol. The largest absolute Gasteiger partial charge is 0.293 e. The molecule has 0 N–H and O–H groups in total. The van der Waals surface area contributed by atoms with Gasteiger partial charge in [-0.2, -0.15) is 5.26 Å². The molecule has 2 heterocycles. The minimum atomic E-state index is -0.373. The van der Waals surface area contributed by atoms with Gasteiger partial charge in [0.1, 0.15) is 11.6 Å². The quantitative estimate of drug-likeness (QED) is 0.848. The molecule has 0 radical (unpaired) electrons. The predicted molar refractivity (Wildman–Crippen MR) is 75.7 cm³/mol. The Kier molecular flexibility index (Phi) is 3.63. The van der Waals surface area contributed by atoms with E-state index in [0.717, 1.165) is 36.6 Å². The summed E-state index contributed by atoms with van der Waals surface area (Å²) in [7, 11) is 0. The first-order valence-corrected chi connectivity index (χ1v) is 6.88. The summed E-state index contributed by atoms with van der Waals surface area (Å²) in [6.45, 7) is 4.14. The number of nitrogens with zero attached hydrogens (tertiary/aromatic N) is 4. The third kappa shape index (κ3) is 2.91. The molecule has 1 aromatic heterocycles. The molecule has 106 valence electrons. The molecule has 0 fully saturated rings. The molecule has 0 atom stereocenters. The highest BCUT2D eigenvalue weighted by Crippen LogP contribution is 2.20. The number of aryl methyl sites for hydroxylation is 1. The zero-order valence-electron chi connectivity index (χ0n) is 11.8. The van der Waals surface area contributed by atoms with Crippen LogP contribution in [0.25, 0.3) is 0 Å². The molecule has 0 saturated heterocycles. The fourth-order valence-electron chi connectivity index (χ4n) is 2.62. The minimum absolute atomic E-state index is 0.373. The summed E-state index contributed by atoms with van der Waals surface area (Å²) in [6, 6.07) is 6.45. The number of nitriles is 1. The average Bonchev–Trinajstić information content (AvgIpc) is 2.48. The molecule has 1 aliphatic rings. The molecule has 0 unspecified atom stereocenters. The van der Waals surface area contributed by atoms with E-state index in [1.807, 2.05) is 13.1 Å². The van der Waals surface area contributed by atoms with Gasteiger partial charge in [-0.05, 0) is 36.6 Å². The number of fused-ring (bicyclic) bond motifs is 1. The van der Waals surface area contributed by atoms with Crippen LogP contribution < -0.4 is 0 Å². The van der Waals surface area contributed by atoms with Gasteiger partial charge in [0.05, 0.1) is 17.3 Å². The lowest BCUT2D eigenvalue weighted by Crippen LogP contribution is -2.31. The number of hydrogen-bond acceptors (Lipinski definition) is 4. The van der Waals surface area contributed by atoms with Gasteiger partial charge in [0.2, 0.25) is 0 Å². The Bertz CT molecular complexity index is 721. The van der Waals surface area contributed by atoms with Gasteiger partial charge in [-0.3, -0.25) is 4.90 Å². The molecule has 3 rings (SSSR count). The van der Waals surface area contributed by atoms with Crippen molar-refractivity contribution < 1.29 is 4.39 Å². The Morgan fingerprint density at radius 2 is 2.29 bits per heavy atom. The van der Waals surface area contributed by atoms with Crippen LogP contribution in [0.5, 0.6) is 0 Å². The molecule has 0 saturated carbocycles. The van der Waals surface area contributed by atoms with Gasteiger partial charge in [-0.1, -0.05) is 6.07 Å². The molecule has 0 spiro atoms. The first-order chi connectivity index (χ1) is 10.2. The van der Waals surface area contributed by atoms with Gasteiger partial charge in [-0.15, -0.1) is 0 Å². The molecule has 1 aromatic carbocycles. The lowest BCUT2D eigenvalue weighted by Gasteiger charge is -2.28. The first-order valence-electron chi connectivity index (χ1n) is 6.88. The van der Waals surface area contributed by atoms with Crippen molar-refractivity contribution in [2.45, 2.75) is 26.4 Å². The van der Waals surface area contributed by atoms with Crippen LogP contribution in [0.3, 0.4) is 0 Å². The summed E-state index contributed by atoms with van der Waals surface area (Å²) in [6.07, 6.45) is 2.80. The molecule has 2 aromatic rings. The Morgan fingerprint density at radius 1 is 1.43 bits per heavy atom. The highest BCUT2D eigenvalue weighted by Gasteiger charge is 2.19. The molecular formula is C16H15FN4. The van der Waals surface area contributed by atoms with E-state index in [1.54, 1.807) is 6.07 Å². The third-order valence-electron chi connectivity index (χ3n) is 3.73. The molecule has 21 heavy (non-hydrogen) atoms. The maximum Gasteiger partial charge on any atom is 0.125 e. The van der Waals surface area contributed by atoms with Crippen LogP contribution in [0, 0.1) is 24.1 Å². The van der Waals surface area contributed by atoms with Crippen LogP contribution in [-0.4, -0.2) is 21.4 Å². The summed E-state index contributed by atoms with van der Waals surface area (Å²) < 4.78 is 13.2. The second-order valence-corrected chi connectivity index (χ2v) is 5.26. The number of halogens is 1. The van der Waals surface area contributed by atoms with E-state index in [1.165, 1.54) is 17.7 Å². The van der Waals surface area contributed by atoms with E-state index in [-0.39, 0.29) is 5.82 Å². The van der Waals surface area contributed by atoms with Crippen LogP contribution in [0.2, 0.25) is 0 Å². The fourth-order valence-corrected chi connectivity index (χ4v) is 2.62. The lowest BCUT2D eigenvalue weighted by atomic mass is 10.0. The highest BCUT2D eigenvalue weighted by molar-refractivity contribution is 5.38. The maximum absolute atomic E-state index is 13.2. The van der Waals surface area contributed by atoms with E-state index < -0.39 is 0 Å². The Balaban J connectivity index is 1.80. The zero-order valence-corrected chi connectivity index (χ0v) is 11.8. The Hall–Kier alpha value is -2.32. The van der Waals surface area contributed by atoms with Crippen molar-refractivity contribution in [2.75, 3.05) is 6.54 Å². The maximum atomic E-state index is 13.2. The van der Waals surface area contributed by atoms with Gasteiger partial charge in [-0.25, -0.2) is 14.4 Å². The summed E-state index contributed by atoms with van der Waals surface area (Å²) in [4.78, 5) is 10.9. The average molecular weight is 282 g/mol.